The Labute approximate surface area is 341 Å². The SMILES string of the molecule is c1ccc(-c2cc(-c3ccccc3)cc(-c3ccc4c(c3)oc3c5ccccc5c(-c5nc(-c6ccccc6)nc(-c6cccc(-c7ccccc7)c6)n5)cc43)c2)cc1. The Morgan fingerprint density at radius 3 is 1.32 bits per heavy atom. The van der Waals surface area contributed by atoms with E-state index in [1.807, 2.05) is 36.4 Å². The summed E-state index contributed by atoms with van der Waals surface area (Å²) in [4.78, 5) is 15.5. The summed E-state index contributed by atoms with van der Waals surface area (Å²) in [5, 5.41) is 4.06. The van der Waals surface area contributed by atoms with Crippen LogP contribution in [-0.4, -0.2) is 15.0 Å². The molecule has 0 fully saturated rings. The molecule has 0 unspecified atom stereocenters. The van der Waals surface area contributed by atoms with Gasteiger partial charge in [0.2, 0.25) is 0 Å². The number of fused-ring (bicyclic) bond motifs is 5. The van der Waals surface area contributed by atoms with Crippen molar-refractivity contribution in [2.24, 2.45) is 0 Å². The molecule has 0 aliphatic rings. The van der Waals surface area contributed by atoms with Crippen LogP contribution in [0.4, 0.5) is 0 Å². The molecule has 11 rings (SSSR count). The maximum absolute atomic E-state index is 6.84. The molecule has 11 aromatic rings. The van der Waals surface area contributed by atoms with Crippen LogP contribution in [0.3, 0.4) is 0 Å². The van der Waals surface area contributed by atoms with Gasteiger partial charge in [0.25, 0.3) is 0 Å². The molecular weight excluding hydrogens is 719 g/mol. The number of aromatic nitrogens is 3. The van der Waals surface area contributed by atoms with E-state index >= 15 is 0 Å². The molecule has 4 heteroatoms. The number of hydrogen-bond acceptors (Lipinski definition) is 4. The van der Waals surface area contributed by atoms with Crippen LogP contribution in [0.15, 0.2) is 217 Å². The van der Waals surface area contributed by atoms with E-state index in [1.165, 1.54) is 22.3 Å². The van der Waals surface area contributed by atoms with Gasteiger partial charge < -0.3 is 4.42 Å². The second-order valence-electron chi connectivity index (χ2n) is 14.8. The van der Waals surface area contributed by atoms with Gasteiger partial charge in [-0.3, -0.25) is 0 Å². The Balaban J connectivity index is 1.08. The molecule has 0 aliphatic heterocycles. The van der Waals surface area contributed by atoms with E-state index in [1.54, 1.807) is 0 Å². The van der Waals surface area contributed by atoms with Gasteiger partial charge in [-0.1, -0.05) is 170 Å². The molecule has 0 radical (unpaired) electrons. The lowest BCUT2D eigenvalue weighted by atomic mass is 9.93. The van der Waals surface area contributed by atoms with Gasteiger partial charge >= 0.3 is 0 Å². The van der Waals surface area contributed by atoms with Gasteiger partial charge in [-0.05, 0) is 92.4 Å². The van der Waals surface area contributed by atoms with Crippen molar-refractivity contribution in [3.8, 4) is 78.7 Å². The predicted molar refractivity (Wildman–Crippen MR) is 243 cm³/mol. The maximum Gasteiger partial charge on any atom is 0.164 e. The standard InChI is InChI=1S/C55H35N3O/c1-5-16-36(17-6-1)40-24-15-25-42(30-40)54-56-53(39-22-11-4-12-23-39)57-55(58-54)50-35-49-47-29-28-41(34-51(47)59-52(49)48-27-14-13-26-46(48)50)45-32-43(37-18-7-2-8-19-37)31-44(33-45)38-20-9-3-10-21-38/h1-35H. The van der Waals surface area contributed by atoms with E-state index in [-0.39, 0.29) is 0 Å². The van der Waals surface area contributed by atoms with Crippen molar-refractivity contribution in [3.63, 3.8) is 0 Å². The number of nitrogens with zero attached hydrogens (tertiary/aromatic N) is 3. The van der Waals surface area contributed by atoms with Crippen molar-refractivity contribution in [2.75, 3.05) is 0 Å². The van der Waals surface area contributed by atoms with E-state index in [9.17, 15) is 0 Å². The summed E-state index contributed by atoms with van der Waals surface area (Å²) >= 11 is 0. The van der Waals surface area contributed by atoms with E-state index < -0.39 is 0 Å². The third-order valence-electron chi connectivity index (χ3n) is 11.1. The Bertz CT molecular complexity index is 3250. The van der Waals surface area contributed by atoms with Crippen LogP contribution in [-0.2, 0) is 0 Å². The monoisotopic (exact) mass is 753 g/mol. The number of benzene rings is 9. The first kappa shape index (κ1) is 34.3. The molecule has 0 bridgehead atoms. The minimum Gasteiger partial charge on any atom is -0.455 e. The summed E-state index contributed by atoms with van der Waals surface area (Å²) in [6.07, 6.45) is 0. The van der Waals surface area contributed by atoms with E-state index in [4.69, 9.17) is 19.4 Å². The zero-order chi connectivity index (χ0) is 39.1. The second kappa shape index (κ2) is 14.5. The van der Waals surface area contributed by atoms with Crippen LogP contribution in [0, 0.1) is 0 Å². The fraction of sp³-hybridized carbons (Fsp3) is 0. The van der Waals surface area contributed by atoms with Gasteiger partial charge in [-0.25, -0.2) is 15.0 Å². The topological polar surface area (TPSA) is 51.8 Å². The molecule has 276 valence electrons. The van der Waals surface area contributed by atoms with Crippen LogP contribution in [0.2, 0.25) is 0 Å². The minimum absolute atomic E-state index is 0.606. The molecule has 59 heavy (non-hydrogen) atoms. The highest BCUT2D eigenvalue weighted by Crippen LogP contribution is 2.42. The van der Waals surface area contributed by atoms with Crippen LogP contribution >= 0.6 is 0 Å². The van der Waals surface area contributed by atoms with E-state index in [0.29, 0.717) is 17.5 Å². The molecule has 0 saturated heterocycles. The third-order valence-corrected chi connectivity index (χ3v) is 11.1. The highest BCUT2D eigenvalue weighted by Gasteiger charge is 2.20. The number of rotatable bonds is 7. The second-order valence-corrected chi connectivity index (χ2v) is 14.8. The summed E-state index contributed by atoms with van der Waals surface area (Å²) in [6, 6.07) is 74.1. The first-order chi connectivity index (χ1) is 29.2. The van der Waals surface area contributed by atoms with Gasteiger partial charge in [0.15, 0.2) is 17.5 Å². The Hall–Kier alpha value is -7.95. The molecule has 4 nitrogen and oxygen atoms in total. The fourth-order valence-electron chi connectivity index (χ4n) is 8.16. The van der Waals surface area contributed by atoms with Crippen LogP contribution < -0.4 is 0 Å². The lowest BCUT2D eigenvalue weighted by Gasteiger charge is -2.12. The van der Waals surface area contributed by atoms with Crippen molar-refractivity contribution in [1.29, 1.82) is 0 Å². The van der Waals surface area contributed by atoms with Crippen molar-refractivity contribution in [2.45, 2.75) is 0 Å². The number of hydrogen-bond donors (Lipinski definition) is 0. The molecule has 0 N–H and O–H groups in total. The van der Waals surface area contributed by atoms with Gasteiger partial charge in [0.1, 0.15) is 11.2 Å². The van der Waals surface area contributed by atoms with Gasteiger partial charge in [0.05, 0.1) is 0 Å². The molecular formula is C55H35N3O. The van der Waals surface area contributed by atoms with Crippen LogP contribution in [0.25, 0.3) is 111 Å². The Kier molecular flexibility index (Phi) is 8.45. The third kappa shape index (κ3) is 6.43. The fourth-order valence-corrected chi connectivity index (χ4v) is 8.16. The summed E-state index contributed by atoms with van der Waals surface area (Å²) in [7, 11) is 0. The molecule has 0 amide bonds. The highest BCUT2D eigenvalue weighted by molar-refractivity contribution is 6.19. The van der Waals surface area contributed by atoms with Gasteiger partial charge in [-0.2, -0.15) is 0 Å². The average molecular weight is 754 g/mol. The maximum atomic E-state index is 6.84. The summed E-state index contributed by atoms with van der Waals surface area (Å²) < 4.78 is 6.84. The molecule has 2 heterocycles. The summed E-state index contributed by atoms with van der Waals surface area (Å²) in [6.45, 7) is 0. The zero-order valence-corrected chi connectivity index (χ0v) is 32.0. The van der Waals surface area contributed by atoms with Crippen molar-refractivity contribution < 1.29 is 4.42 Å². The smallest absolute Gasteiger partial charge is 0.164 e. The Morgan fingerprint density at radius 1 is 0.254 bits per heavy atom. The molecule has 0 saturated carbocycles. The first-order valence-corrected chi connectivity index (χ1v) is 19.8. The lowest BCUT2D eigenvalue weighted by molar-refractivity contribution is 0.673. The molecule has 0 atom stereocenters. The first-order valence-electron chi connectivity index (χ1n) is 19.8. The van der Waals surface area contributed by atoms with E-state index in [2.05, 4.69) is 176 Å². The quantitative estimate of drug-likeness (QED) is 0.163. The molecule has 0 aliphatic carbocycles. The van der Waals surface area contributed by atoms with Crippen LogP contribution in [0.1, 0.15) is 0 Å². The molecule has 9 aromatic carbocycles. The van der Waals surface area contributed by atoms with Gasteiger partial charge in [-0.15, -0.1) is 0 Å². The summed E-state index contributed by atoms with van der Waals surface area (Å²) in [5.74, 6) is 1.84. The number of furan rings is 1. The average Bonchev–Trinajstić information content (AvgIpc) is 3.70. The highest BCUT2D eigenvalue weighted by atomic mass is 16.3. The Morgan fingerprint density at radius 2 is 0.695 bits per heavy atom. The van der Waals surface area contributed by atoms with Crippen molar-refractivity contribution in [3.05, 3.63) is 212 Å². The minimum atomic E-state index is 0.606. The van der Waals surface area contributed by atoms with E-state index in [0.717, 1.165) is 71.7 Å². The molecule has 0 spiro atoms. The normalized spacial score (nSPS) is 11.4. The van der Waals surface area contributed by atoms with Gasteiger partial charge in [0, 0.05) is 32.8 Å². The predicted octanol–water partition coefficient (Wildman–Crippen LogP) is 14.6. The van der Waals surface area contributed by atoms with Crippen molar-refractivity contribution in [1.82, 2.24) is 15.0 Å². The molecule has 2 aromatic heterocycles. The lowest BCUT2D eigenvalue weighted by Crippen LogP contribution is -2.00. The summed E-state index contributed by atoms with van der Waals surface area (Å²) in [5.41, 5.74) is 13.6. The largest absolute Gasteiger partial charge is 0.455 e. The van der Waals surface area contributed by atoms with Crippen LogP contribution in [0.5, 0.6) is 0 Å². The van der Waals surface area contributed by atoms with Crippen molar-refractivity contribution >= 4 is 32.7 Å². The zero-order valence-electron chi connectivity index (χ0n) is 32.0.